The molecule has 1 amide bonds. The second kappa shape index (κ2) is 6.87. The highest BCUT2D eigenvalue weighted by molar-refractivity contribution is 5.92. The van der Waals surface area contributed by atoms with Crippen LogP contribution in [0.1, 0.15) is 27.8 Å². The molecule has 0 spiro atoms. The first-order valence-electron chi connectivity index (χ1n) is 7.68. The van der Waals surface area contributed by atoms with E-state index in [1.807, 2.05) is 6.92 Å². The summed E-state index contributed by atoms with van der Waals surface area (Å²) in [6, 6.07) is 0. The third-order valence-electron chi connectivity index (χ3n) is 3.80. The summed E-state index contributed by atoms with van der Waals surface area (Å²) in [7, 11) is 0. The van der Waals surface area contributed by atoms with Crippen LogP contribution in [0.5, 0.6) is 0 Å². The summed E-state index contributed by atoms with van der Waals surface area (Å²) in [6.07, 6.45) is 5.68. The van der Waals surface area contributed by atoms with Crippen LogP contribution in [0, 0.1) is 19.8 Å². The van der Waals surface area contributed by atoms with E-state index in [4.69, 9.17) is 9.15 Å². The third kappa shape index (κ3) is 3.92. The normalized spacial score (nSPS) is 18.7. The fraction of sp³-hybridized carbons (Fsp3) is 0.500. The number of aryl methyl sites for hydroxylation is 2. The van der Waals surface area contributed by atoms with E-state index in [9.17, 15) is 4.79 Å². The Hall–Kier alpha value is -2.28. The van der Waals surface area contributed by atoms with Gasteiger partial charge in [0.2, 0.25) is 0 Å². The van der Waals surface area contributed by atoms with Crippen LogP contribution in [0.2, 0.25) is 0 Å². The molecule has 1 unspecified atom stereocenters. The molecule has 1 aliphatic heterocycles. The van der Waals surface area contributed by atoms with Crippen LogP contribution in [0.4, 0.5) is 0 Å². The average Bonchev–Trinajstić information content (AvgIpc) is 2.84. The van der Waals surface area contributed by atoms with E-state index >= 15 is 0 Å². The van der Waals surface area contributed by atoms with Crippen LogP contribution >= 0.6 is 0 Å². The van der Waals surface area contributed by atoms with Gasteiger partial charge < -0.3 is 14.1 Å². The number of ether oxygens (including phenoxy) is 1. The van der Waals surface area contributed by atoms with Gasteiger partial charge in [-0.15, -0.1) is 0 Å². The first-order valence-corrected chi connectivity index (χ1v) is 7.68. The monoisotopic (exact) mass is 316 g/mol. The first-order chi connectivity index (χ1) is 11.1. The molecule has 2 aromatic heterocycles. The number of carbonyl (C=O) groups is 1. The average molecular weight is 316 g/mol. The Morgan fingerprint density at radius 2 is 2.22 bits per heavy atom. The Morgan fingerprint density at radius 3 is 2.91 bits per heavy atom. The summed E-state index contributed by atoms with van der Waals surface area (Å²) >= 11 is 0. The lowest BCUT2D eigenvalue weighted by Crippen LogP contribution is -2.36. The first kappa shape index (κ1) is 15.6. The summed E-state index contributed by atoms with van der Waals surface area (Å²) < 4.78 is 10.8. The van der Waals surface area contributed by atoms with Crippen molar-refractivity contribution in [1.82, 2.24) is 19.9 Å². The summed E-state index contributed by atoms with van der Waals surface area (Å²) in [5.74, 6) is 0.560. The van der Waals surface area contributed by atoms with Crippen molar-refractivity contribution in [2.75, 3.05) is 26.3 Å². The molecule has 3 rings (SSSR count). The van der Waals surface area contributed by atoms with Crippen molar-refractivity contribution >= 4 is 5.91 Å². The summed E-state index contributed by atoms with van der Waals surface area (Å²) in [5, 5.41) is 0. The van der Waals surface area contributed by atoms with Gasteiger partial charge >= 0.3 is 0 Å². The predicted molar refractivity (Wildman–Crippen MR) is 81.9 cm³/mol. The van der Waals surface area contributed by atoms with Crippen LogP contribution in [-0.4, -0.2) is 52.1 Å². The van der Waals surface area contributed by atoms with Gasteiger partial charge in [-0.1, -0.05) is 0 Å². The number of hydrogen-bond acceptors (Lipinski definition) is 6. The van der Waals surface area contributed by atoms with Crippen molar-refractivity contribution in [1.29, 1.82) is 0 Å². The molecule has 0 N–H and O–H groups in total. The van der Waals surface area contributed by atoms with E-state index in [1.54, 1.807) is 24.2 Å². The lowest BCUT2D eigenvalue weighted by atomic mass is 10.0. The molecule has 3 heterocycles. The molecule has 23 heavy (non-hydrogen) atoms. The molecule has 1 saturated heterocycles. The maximum Gasteiger partial charge on any atom is 0.275 e. The zero-order chi connectivity index (χ0) is 16.2. The van der Waals surface area contributed by atoms with Crippen LogP contribution in [0.15, 0.2) is 23.1 Å². The van der Waals surface area contributed by atoms with Crippen molar-refractivity contribution in [3.63, 3.8) is 0 Å². The Morgan fingerprint density at radius 1 is 1.35 bits per heavy atom. The topological polar surface area (TPSA) is 81.4 Å². The van der Waals surface area contributed by atoms with E-state index in [2.05, 4.69) is 15.0 Å². The summed E-state index contributed by atoms with van der Waals surface area (Å²) in [6.45, 7) is 5.93. The number of nitrogens with zero attached hydrogens (tertiary/aromatic N) is 4. The second-order valence-corrected chi connectivity index (χ2v) is 5.80. The second-order valence-electron chi connectivity index (χ2n) is 5.80. The minimum absolute atomic E-state index is 0.118. The predicted octanol–water partition coefficient (Wildman–Crippen LogP) is 1.41. The smallest absolute Gasteiger partial charge is 0.275 e. The number of rotatable bonds is 3. The Bertz CT molecular complexity index is 668. The zero-order valence-corrected chi connectivity index (χ0v) is 13.4. The van der Waals surface area contributed by atoms with E-state index in [-0.39, 0.29) is 11.8 Å². The molecule has 0 aromatic carbocycles. The fourth-order valence-corrected chi connectivity index (χ4v) is 2.63. The van der Waals surface area contributed by atoms with Gasteiger partial charge in [0, 0.05) is 38.3 Å². The maximum absolute atomic E-state index is 12.5. The SMILES string of the molecule is Cc1cnc(CC2COCCN(C(=O)c3coc(C)n3)C2)cn1. The highest BCUT2D eigenvalue weighted by Gasteiger charge is 2.25. The molecule has 1 aliphatic rings. The highest BCUT2D eigenvalue weighted by atomic mass is 16.5. The number of carbonyl (C=O) groups excluding carboxylic acids is 1. The van der Waals surface area contributed by atoms with Gasteiger partial charge in [0.1, 0.15) is 6.26 Å². The molecule has 7 heteroatoms. The molecule has 0 bridgehead atoms. The Labute approximate surface area is 134 Å². The number of oxazole rings is 1. The van der Waals surface area contributed by atoms with Gasteiger partial charge in [-0.05, 0) is 13.3 Å². The standard InChI is InChI=1S/C16H20N4O3/c1-11-6-18-14(7-17-11)5-13-8-20(3-4-22-9-13)16(21)15-10-23-12(2)19-15/h6-7,10,13H,3-5,8-9H2,1-2H3. The van der Waals surface area contributed by atoms with Crippen molar-refractivity contribution in [3.05, 3.63) is 41.6 Å². The molecule has 7 nitrogen and oxygen atoms in total. The van der Waals surface area contributed by atoms with E-state index in [0.29, 0.717) is 37.9 Å². The molecule has 0 saturated carbocycles. The van der Waals surface area contributed by atoms with Gasteiger partial charge in [0.25, 0.3) is 5.91 Å². The number of aromatic nitrogens is 3. The zero-order valence-electron chi connectivity index (χ0n) is 13.4. The van der Waals surface area contributed by atoms with E-state index in [1.165, 1.54) is 6.26 Å². The van der Waals surface area contributed by atoms with Crippen molar-refractivity contribution in [3.8, 4) is 0 Å². The van der Waals surface area contributed by atoms with Gasteiger partial charge in [-0.25, -0.2) is 4.98 Å². The highest BCUT2D eigenvalue weighted by Crippen LogP contribution is 2.15. The molecule has 0 aliphatic carbocycles. The molecule has 122 valence electrons. The van der Waals surface area contributed by atoms with Gasteiger partial charge in [0.05, 0.1) is 24.6 Å². The summed E-state index contributed by atoms with van der Waals surface area (Å²) in [4.78, 5) is 27.1. The Kier molecular flexibility index (Phi) is 4.66. The number of amides is 1. The molecule has 2 aromatic rings. The van der Waals surface area contributed by atoms with E-state index in [0.717, 1.165) is 17.8 Å². The third-order valence-corrected chi connectivity index (χ3v) is 3.80. The van der Waals surface area contributed by atoms with Crippen LogP contribution < -0.4 is 0 Å². The molecule has 1 atom stereocenters. The Balaban J connectivity index is 1.68. The largest absolute Gasteiger partial charge is 0.448 e. The van der Waals surface area contributed by atoms with Gasteiger partial charge in [-0.2, -0.15) is 0 Å². The molecular weight excluding hydrogens is 296 g/mol. The lowest BCUT2D eigenvalue weighted by molar-refractivity contribution is 0.0731. The van der Waals surface area contributed by atoms with Gasteiger partial charge in [-0.3, -0.25) is 14.8 Å². The van der Waals surface area contributed by atoms with Gasteiger partial charge in [0.15, 0.2) is 11.6 Å². The molecule has 1 fully saturated rings. The minimum Gasteiger partial charge on any atom is -0.448 e. The number of hydrogen-bond donors (Lipinski definition) is 0. The van der Waals surface area contributed by atoms with Crippen LogP contribution in [0.3, 0.4) is 0 Å². The van der Waals surface area contributed by atoms with Crippen LogP contribution in [0.25, 0.3) is 0 Å². The quantitative estimate of drug-likeness (QED) is 0.851. The van der Waals surface area contributed by atoms with E-state index < -0.39 is 0 Å². The maximum atomic E-state index is 12.5. The molecular formula is C16H20N4O3. The minimum atomic E-state index is -0.118. The van der Waals surface area contributed by atoms with Crippen molar-refractivity contribution < 1.29 is 13.9 Å². The van der Waals surface area contributed by atoms with Crippen molar-refractivity contribution in [2.45, 2.75) is 20.3 Å². The van der Waals surface area contributed by atoms with Crippen LogP contribution in [-0.2, 0) is 11.2 Å². The fourth-order valence-electron chi connectivity index (χ4n) is 2.63. The van der Waals surface area contributed by atoms with Crippen molar-refractivity contribution in [2.24, 2.45) is 5.92 Å². The molecule has 0 radical (unpaired) electrons. The summed E-state index contributed by atoms with van der Waals surface area (Å²) in [5.41, 5.74) is 2.15. The lowest BCUT2D eigenvalue weighted by Gasteiger charge is -2.22.